The van der Waals surface area contributed by atoms with Gasteiger partial charge in [-0.05, 0) is 24.9 Å². The fraction of sp³-hybridized carbons (Fsp3) is 0.600. The first-order valence-corrected chi connectivity index (χ1v) is 7.57. The number of halogens is 1. The molecular weight excluding hydrogens is 292 g/mol. The van der Waals surface area contributed by atoms with Gasteiger partial charge < -0.3 is 5.32 Å². The highest BCUT2D eigenvalue weighted by atomic mass is 35.5. The molecule has 0 amide bonds. The summed E-state index contributed by atoms with van der Waals surface area (Å²) in [5.74, 6) is 0.0941. The maximum atomic E-state index is 11.2. The largest absolute Gasteiger partial charge is 0.364 e. The summed E-state index contributed by atoms with van der Waals surface area (Å²) in [6.45, 7) is 3.78. The van der Waals surface area contributed by atoms with E-state index < -0.39 is 15.7 Å². The second-order valence-corrected chi connectivity index (χ2v) is 6.20. The third-order valence-electron chi connectivity index (χ3n) is 2.62. The highest BCUT2D eigenvalue weighted by Gasteiger charge is 2.21. The molecule has 9 heteroatoms. The van der Waals surface area contributed by atoms with Crippen molar-refractivity contribution in [3.05, 3.63) is 21.1 Å². The molecule has 0 saturated heterocycles. The van der Waals surface area contributed by atoms with E-state index in [1.54, 1.807) is 6.26 Å². The Morgan fingerprint density at radius 3 is 2.68 bits per heavy atom. The minimum atomic E-state index is -0.924. The Morgan fingerprint density at radius 2 is 2.16 bits per heavy atom. The Labute approximate surface area is 118 Å². The van der Waals surface area contributed by atoms with Crippen LogP contribution in [-0.4, -0.2) is 37.2 Å². The average molecular weight is 307 g/mol. The zero-order chi connectivity index (χ0) is 14.6. The Balaban J connectivity index is 2.83. The van der Waals surface area contributed by atoms with Crippen molar-refractivity contribution in [2.75, 3.05) is 18.1 Å². The van der Waals surface area contributed by atoms with Gasteiger partial charge in [0.15, 0.2) is 0 Å². The van der Waals surface area contributed by atoms with Crippen molar-refractivity contribution in [3.63, 3.8) is 0 Å². The maximum Gasteiger partial charge on any atom is 0.332 e. The van der Waals surface area contributed by atoms with Gasteiger partial charge in [0.05, 0.1) is 4.92 Å². The van der Waals surface area contributed by atoms with Crippen LogP contribution in [0.5, 0.6) is 0 Å². The molecule has 2 atom stereocenters. The highest BCUT2D eigenvalue weighted by Crippen LogP contribution is 2.26. The van der Waals surface area contributed by atoms with Crippen molar-refractivity contribution in [1.29, 1.82) is 0 Å². The molecule has 1 heterocycles. The first-order chi connectivity index (χ1) is 8.82. The summed E-state index contributed by atoms with van der Waals surface area (Å²) in [6.07, 6.45) is 2.24. The molecule has 0 spiro atoms. The van der Waals surface area contributed by atoms with E-state index in [1.165, 1.54) is 6.92 Å². The Hall–Kier alpha value is -1.28. The van der Waals surface area contributed by atoms with E-state index in [1.807, 2.05) is 6.92 Å². The van der Waals surface area contributed by atoms with E-state index in [9.17, 15) is 14.3 Å². The summed E-state index contributed by atoms with van der Waals surface area (Å²) < 4.78 is 11.2. The van der Waals surface area contributed by atoms with Gasteiger partial charge in [-0.2, -0.15) is 4.98 Å². The molecular formula is C10H15ClN4O3S. The van der Waals surface area contributed by atoms with Gasteiger partial charge in [-0.3, -0.25) is 14.3 Å². The van der Waals surface area contributed by atoms with Gasteiger partial charge in [0, 0.05) is 28.9 Å². The first-order valence-electron chi connectivity index (χ1n) is 5.57. The Bertz CT molecular complexity index is 512. The van der Waals surface area contributed by atoms with Crippen molar-refractivity contribution in [2.45, 2.75) is 25.5 Å². The molecule has 1 aromatic heterocycles. The van der Waals surface area contributed by atoms with Crippen LogP contribution in [-0.2, 0) is 10.8 Å². The van der Waals surface area contributed by atoms with E-state index in [0.717, 1.165) is 0 Å². The van der Waals surface area contributed by atoms with Crippen LogP contribution >= 0.6 is 11.6 Å². The lowest BCUT2D eigenvalue weighted by Gasteiger charge is -2.10. The molecule has 0 bridgehead atoms. The smallest absolute Gasteiger partial charge is 0.332 e. The lowest BCUT2D eigenvalue weighted by molar-refractivity contribution is -0.385. The van der Waals surface area contributed by atoms with E-state index in [-0.39, 0.29) is 27.7 Å². The summed E-state index contributed by atoms with van der Waals surface area (Å²) in [6, 6.07) is 0. The van der Waals surface area contributed by atoms with Gasteiger partial charge in [-0.25, -0.2) is 4.98 Å². The third kappa shape index (κ3) is 4.39. The Kier molecular flexibility index (Phi) is 5.61. The summed E-state index contributed by atoms with van der Waals surface area (Å²) in [5.41, 5.74) is 0.0225. The minimum Gasteiger partial charge on any atom is -0.364 e. The van der Waals surface area contributed by atoms with Crippen molar-refractivity contribution < 1.29 is 9.13 Å². The molecule has 0 fully saturated rings. The molecule has 19 heavy (non-hydrogen) atoms. The van der Waals surface area contributed by atoms with Crippen molar-refractivity contribution in [2.24, 2.45) is 0 Å². The van der Waals surface area contributed by atoms with E-state index in [0.29, 0.717) is 13.0 Å². The molecule has 0 aliphatic carbocycles. The molecule has 7 nitrogen and oxygen atoms in total. The van der Waals surface area contributed by atoms with Gasteiger partial charge >= 0.3 is 5.69 Å². The average Bonchev–Trinajstić information content (AvgIpc) is 2.26. The molecule has 2 unspecified atom stereocenters. The third-order valence-corrected chi connectivity index (χ3v) is 4.16. The molecule has 0 saturated carbocycles. The van der Waals surface area contributed by atoms with Crippen LogP contribution in [0.1, 0.15) is 19.0 Å². The Morgan fingerprint density at radius 1 is 1.53 bits per heavy atom. The number of nitrogens with one attached hydrogen (secondary N) is 1. The number of aryl methyl sites for hydroxylation is 1. The molecule has 0 aliphatic heterocycles. The van der Waals surface area contributed by atoms with E-state index >= 15 is 0 Å². The number of aromatic nitrogens is 2. The lowest BCUT2D eigenvalue weighted by Crippen LogP contribution is -2.16. The fourth-order valence-electron chi connectivity index (χ4n) is 1.43. The lowest BCUT2D eigenvalue weighted by atomic mass is 10.3. The number of nitro groups is 1. The standard InChI is InChI=1S/C10H15ClN4O3S/c1-6(19(3)18)4-5-12-9-8(15(16)17)7(2)13-10(11)14-9/h6H,4-5H2,1-3H3,(H,12,13,14). The van der Waals surface area contributed by atoms with Crippen LogP contribution in [0.3, 0.4) is 0 Å². The van der Waals surface area contributed by atoms with E-state index in [4.69, 9.17) is 11.6 Å². The van der Waals surface area contributed by atoms with Crippen molar-refractivity contribution in [1.82, 2.24) is 9.97 Å². The van der Waals surface area contributed by atoms with Gasteiger partial charge in [-0.15, -0.1) is 0 Å². The van der Waals surface area contributed by atoms with Gasteiger partial charge in [0.25, 0.3) is 0 Å². The summed E-state index contributed by atoms with van der Waals surface area (Å²) in [7, 11) is -0.924. The van der Waals surface area contributed by atoms with Crippen LogP contribution in [0.4, 0.5) is 11.5 Å². The van der Waals surface area contributed by atoms with Crippen LogP contribution in [0.2, 0.25) is 5.28 Å². The van der Waals surface area contributed by atoms with Crippen molar-refractivity contribution in [3.8, 4) is 0 Å². The number of anilines is 1. The zero-order valence-electron chi connectivity index (χ0n) is 10.8. The second kappa shape index (κ2) is 6.76. The number of hydrogen-bond acceptors (Lipinski definition) is 6. The van der Waals surface area contributed by atoms with Crippen LogP contribution in [0.25, 0.3) is 0 Å². The minimum absolute atomic E-state index is 0.00459. The van der Waals surface area contributed by atoms with Crippen LogP contribution < -0.4 is 5.32 Å². The number of nitrogens with zero attached hydrogens (tertiary/aromatic N) is 3. The van der Waals surface area contributed by atoms with Crippen molar-refractivity contribution >= 4 is 33.9 Å². The molecule has 1 N–H and O–H groups in total. The quantitative estimate of drug-likeness (QED) is 0.490. The highest BCUT2D eigenvalue weighted by molar-refractivity contribution is 7.84. The molecule has 1 rings (SSSR count). The van der Waals surface area contributed by atoms with Gasteiger partial charge in [0.1, 0.15) is 5.69 Å². The normalized spacial score (nSPS) is 13.9. The molecule has 0 radical (unpaired) electrons. The maximum absolute atomic E-state index is 11.2. The van der Waals surface area contributed by atoms with Gasteiger partial charge in [-0.1, -0.05) is 6.92 Å². The van der Waals surface area contributed by atoms with Crippen LogP contribution in [0.15, 0.2) is 0 Å². The first kappa shape index (κ1) is 15.8. The molecule has 106 valence electrons. The summed E-state index contributed by atoms with van der Waals surface area (Å²) in [5, 5.41) is 13.8. The molecule has 1 aromatic rings. The topological polar surface area (TPSA) is 98.0 Å². The van der Waals surface area contributed by atoms with Gasteiger partial charge in [0.2, 0.25) is 11.1 Å². The van der Waals surface area contributed by atoms with E-state index in [2.05, 4.69) is 15.3 Å². The predicted octanol–water partition coefficient (Wildman–Crippen LogP) is 1.92. The predicted molar refractivity (Wildman–Crippen MR) is 75.1 cm³/mol. The van der Waals surface area contributed by atoms with Crippen LogP contribution in [0, 0.1) is 17.0 Å². The molecule has 0 aliphatic rings. The second-order valence-electron chi connectivity index (χ2n) is 4.06. The zero-order valence-corrected chi connectivity index (χ0v) is 12.4. The monoisotopic (exact) mass is 306 g/mol. The number of hydrogen-bond donors (Lipinski definition) is 1. The SMILES string of the molecule is Cc1nc(Cl)nc(NCCC(C)S(C)=O)c1[N+](=O)[O-]. The fourth-order valence-corrected chi connectivity index (χ4v) is 2.10. The summed E-state index contributed by atoms with van der Waals surface area (Å²) >= 11 is 5.69. The molecule has 0 aromatic carbocycles. The summed E-state index contributed by atoms with van der Waals surface area (Å²) in [4.78, 5) is 18.0. The number of rotatable bonds is 6.